The van der Waals surface area contributed by atoms with Crippen molar-refractivity contribution < 1.29 is 32.2 Å². The van der Waals surface area contributed by atoms with Crippen LogP contribution < -0.4 is 4.74 Å². The molecule has 128 valence electrons. The molecule has 0 bridgehead atoms. The SMILES string of the molecule is COC(=O)c1ccc(S(C)(=O)=O)c(OCCC2OCCO2)c1Cl. The molecule has 1 aliphatic heterocycles. The molecule has 1 saturated heterocycles. The van der Waals surface area contributed by atoms with Gasteiger partial charge < -0.3 is 18.9 Å². The third kappa shape index (κ3) is 4.35. The van der Waals surface area contributed by atoms with E-state index in [0.29, 0.717) is 19.6 Å². The second-order valence-corrected chi connectivity index (χ2v) is 7.19. The van der Waals surface area contributed by atoms with Crippen LogP contribution in [0.15, 0.2) is 17.0 Å². The number of rotatable bonds is 6. The van der Waals surface area contributed by atoms with Gasteiger partial charge in [-0.1, -0.05) is 11.6 Å². The van der Waals surface area contributed by atoms with Gasteiger partial charge in [0, 0.05) is 12.7 Å². The Labute approximate surface area is 139 Å². The third-order valence-electron chi connectivity index (χ3n) is 3.16. The number of hydrogen-bond donors (Lipinski definition) is 0. The minimum absolute atomic E-state index is 0.0323. The summed E-state index contributed by atoms with van der Waals surface area (Å²) in [5.41, 5.74) is 0.0323. The number of sulfone groups is 1. The molecule has 0 atom stereocenters. The average molecular weight is 365 g/mol. The van der Waals surface area contributed by atoms with Crippen LogP contribution in [0, 0.1) is 0 Å². The zero-order chi connectivity index (χ0) is 17.0. The summed E-state index contributed by atoms with van der Waals surface area (Å²) in [4.78, 5) is 11.6. The van der Waals surface area contributed by atoms with Crippen molar-refractivity contribution in [1.29, 1.82) is 0 Å². The Balaban J connectivity index is 2.26. The molecule has 1 fully saturated rings. The number of halogens is 1. The number of carbonyl (C=O) groups excluding carboxylic acids is 1. The first-order valence-electron chi connectivity index (χ1n) is 6.81. The first-order chi connectivity index (χ1) is 10.8. The van der Waals surface area contributed by atoms with Crippen molar-refractivity contribution in [3.63, 3.8) is 0 Å². The maximum Gasteiger partial charge on any atom is 0.339 e. The van der Waals surface area contributed by atoms with Crippen molar-refractivity contribution >= 4 is 27.4 Å². The Bertz CT molecular complexity index is 681. The second-order valence-electron chi connectivity index (χ2n) is 4.83. The molecule has 7 nitrogen and oxygen atoms in total. The summed E-state index contributed by atoms with van der Waals surface area (Å²) < 4.78 is 44.4. The highest BCUT2D eigenvalue weighted by Gasteiger charge is 2.24. The lowest BCUT2D eigenvalue weighted by Gasteiger charge is -2.15. The normalized spacial score (nSPS) is 15.6. The first kappa shape index (κ1) is 18.0. The van der Waals surface area contributed by atoms with Crippen molar-refractivity contribution in [1.82, 2.24) is 0 Å². The molecule has 1 heterocycles. The molecule has 1 aromatic carbocycles. The van der Waals surface area contributed by atoms with Gasteiger partial charge in [0.2, 0.25) is 0 Å². The van der Waals surface area contributed by atoms with Crippen LogP contribution in [0.4, 0.5) is 0 Å². The van der Waals surface area contributed by atoms with Gasteiger partial charge >= 0.3 is 5.97 Å². The minimum atomic E-state index is -3.58. The molecule has 0 N–H and O–H groups in total. The Morgan fingerprint density at radius 1 is 1.35 bits per heavy atom. The van der Waals surface area contributed by atoms with Gasteiger partial charge in [0.15, 0.2) is 21.9 Å². The summed E-state index contributed by atoms with van der Waals surface area (Å²) in [7, 11) is -2.37. The highest BCUT2D eigenvalue weighted by Crippen LogP contribution is 2.35. The van der Waals surface area contributed by atoms with E-state index in [0.717, 1.165) is 6.26 Å². The van der Waals surface area contributed by atoms with Crippen LogP contribution in [0.3, 0.4) is 0 Å². The van der Waals surface area contributed by atoms with E-state index in [2.05, 4.69) is 4.74 Å². The second kappa shape index (κ2) is 7.48. The van der Waals surface area contributed by atoms with Gasteiger partial charge in [-0.15, -0.1) is 0 Å². The lowest BCUT2D eigenvalue weighted by atomic mass is 10.2. The van der Waals surface area contributed by atoms with E-state index in [4.69, 9.17) is 25.8 Å². The molecular weight excluding hydrogens is 348 g/mol. The molecular formula is C14H17ClO7S. The van der Waals surface area contributed by atoms with E-state index in [-0.39, 0.29) is 34.1 Å². The summed E-state index contributed by atoms with van der Waals surface area (Å²) in [5, 5.41) is -0.104. The number of hydrogen-bond acceptors (Lipinski definition) is 7. The molecule has 0 amide bonds. The highest BCUT2D eigenvalue weighted by atomic mass is 35.5. The Hall–Kier alpha value is -1.35. The van der Waals surface area contributed by atoms with E-state index in [1.807, 2.05) is 0 Å². The Morgan fingerprint density at radius 2 is 2.00 bits per heavy atom. The zero-order valence-corrected chi connectivity index (χ0v) is 14.3. The fourth-order valence-corrected chi connectivity index (χ4v) is 3.23. The molecule has 23 heavy (non-hydrogen) atoms. The van der Waals surface area contributed by atoms with Crippen LogP contribution in [-0.4, -0.2) is 53.9 Å². The maximum absolute atomic E-state index is 11.9. The summed E-state index contributed by atoms with van der Waals surface area (Å²) >= 11 is 6.14. The number of ether oxygens (including phenoxy) is 4. The quantitative estimate of drug-likeness (QED) is 0.709. The van der Waals surface area contributed by atoms with Gasteiger partial charge in [0.05, 0.1) is 37.5 Å². The Morgan fingerprint density at radius 3 is 2.57 bits per heavy atom. The molecule has 1 aliphatic rings. The molecule has 2 rings (SSSR count). The van der Waals surface area contributed by atoms with Crippen molar-refractivity contribution in [3.8, 4) is 5.75 Å². The summed E-state index contributed by atoms with van der Waals surface area (Å²) in [6.07, 6.45) is 1.05. The lowest BCUT2D eigenvalue weighted by molar-refractivity contribution is -0.0532. The summed E-state index contributed by atoms with van der Waals surface area (Å²) in [6.45, 7) is 1.15. The fraction of sp³-hybridized carbons (Fsp3) is 0.500. The van der Waals surface area contributed by atoms with Gasteiger partial charge in [-0.3, -0.25) is 0 Å². The van der Waals surface area contributed by atoms with Crippen LogP contribution in [0.1, 0.15) is 16.8 Å². The summed E-state index contributed by atoms with van der Waals surface area (Å²) in [6, 6.07) is 2.56. The Kier molecular flexibility index (Phi) is 5.85. The predicted octanol–water partition coefficient (Wildman–Crippen LogP) is 1.67. The van der Waals surface area contributed by atoms with Crippen LogP contribution >= 0.6 is 11.6 Å². The predicted molar refractivity (Wildman–Crippen MR) is 81.7 cm³/mol. The van der Waals surface area contributed by atoms with Gasteiger partial charge in [0.25, 0.3) is 0 Å². The zero-order valence-electron chi connectivity index (χ0n) is 12.7. The molecule has 0 radical (unpaired) electrons. The summed E-state index contributed by atoms with van der Waals surface area (Å²) in [5.74, 6) is -0.752. The molecule has 0 unspecified atom stereocenters. The monoisotopic (exact) mass is 364 g/mol. The topological polar surface area (TPSA) is 88.1 Å². The minimum Gasteiger partial charge on any atom is -0.490 e. The van der Waals surface area contributed by atoms with E-state index < -0.39 is 15.8 Å². The van der Waals surface area contributed by atoms with Crippen LogP contribution in [-0.2, 0) is 24.0 Å². The van der Waals surface area contributed by atoms with Gasteiger partial charge in [0.1, 0.15) is 4.90 Å². The van der Waals surface area contributed by atoms with E-state index in [1.54, 1.807) is 0 Å². The molecule has 0 aromatic heterocycles. The molecule has 1 aromatic rings. The van der Waals surface area contributed by atoms with E-state index >= 15 is 0 Å². The van der Waals surface area contributed by atoms with Gasteiger partial charge in [-0.25, -0.2) is 13.2 Å². The lowest BCUT2D eigenvalue weighted by Crippen LogP contribution is -2.14. The van der Waals surface area contributed by atoms with Crippen molar-refractivity contribution in [2.45, 2.75) is 17.6 Å². The van der Waals surface area contributed by atoms with Crippen molar-refractivity contribution in [3.05, 3.63) is 22.7 Å². The van der Waals surface area contributed by atoms with Crippen molar-refractivity contribution in [2.24, 2.45) is 0 Å². The average Bonchev–Trinajstić information content (AvgIpc) is 3.00. The van der Waals surface area contributed by atoms with Crippen LogP contribution in [0.2, 0.25) is 5.02 Å². The number of benzene rings is 1. The van der Waals surface area contributed by atoms with Crippen LogP contribution in [0.25, 0.3) is 0 Å². The fourth-order valence-electron chi connectivity index (χ4n) is 2.06. The largest absolute Gasteiger partial charge is 0.490 e. The van der Waals surface area contributed by atoms with E-state index in [1.165, 1.54) is 19.2 Å². The number of methoxy groups -OCH3 is 1. The van der Waals surface area contributed by atoms with Crippen molar-refractivity contribution in [2.75, 3.05) is 33.2 Å². The van der Waals surface area contributed by atoms with Gasteiger partial charge in [-0.2, -0.15) is 0 Å². The smallest absolute Gasteiger partial charge is 0.339 e. The molecule has 0 aliphatic carbocycles. The highest BCUT2D eigenvalue weighted by molar-refractivity contribution is 7.90. The molecule has 9 heteroatoms. The molecule has 0 spiro atoms. The molecule has 0 saturated carbocycles. The third-order valence-corrected chi connectivity index (χ3v) is 4.65. The first-order valence-corrected chi connectivity index (χ1v) is 9.08. The number of carbonyl (C=O) groups is 1. The maximum atomic E-state index is 11.9. The van der Waals surface area contributed by atoms with E-state index in [9.17, 15) is 13.2 Å². The standard InChI is InChI=1S/C14H17ClO7S/c1-19-14(16)9-3-4-10(23(2,17)18)13(12(9)15)22-6-5-11-20-7-8-21-11/h3-4,11H,5-8H2,1-2H3. The van der Waals surface area contributed by atoms with Crippen LogP contribution in [0.5, 0.6) is 5.75 Å². The number of esters is 1. The van der Waals surface area contributed by atoms with Gasteiger partial charge in [-0.05, 0) is 12.1 Å².